The van der Waals surface area contributed by atoms with Crippen molar-refractivity contribution in [1.29, 1.82) is 5.26 Å². The van der Waals surface area contributed by atoms with Crippen LogP contribution >= 0.6 is 11.3 Å². The van der Waals surface area contributed by atoms with Crippen molar-refractivity contribution in [3.8, 4) is 11.8 Å². The molecule has 1 aromatic heterocycles. The van der Waals surface area contributed by atoms with E-state index in [9.17, 15) is 4.79 Å². The Labute approximate surface area is 154 Å². The molecule has 1 atom stereocenters. The maximum absolute atomic E-state index is 12.2. The summed E-state index contributed by atoms with van der Waals surface area (Å²) in [5, 5.41) is 13.7. The molecule has 1 N–H and O–H groups in total. The van der Waals surface area contributed by atoms with Crippen LogP contribution in [0.3, 0.4) is 0 Å². The Balaban J connectivity index is 1.62. The van der Waals surface area contributed by atoms with E-state index in [1.807, 2.05) is 30.3 Å². The van der Waals surface area contributed by atoms with Gasteiger partial charge in [-0.3, -0.25) is 4.79 Å². The number of nitrogens with zero attached hydrogens (tertiary/aromatic N) is 3. The van der Waals surface area contributed by atoms with Gasteiger partial charge in [-0.15, -0.1) is 11.3 Å². The second-order valence-electron chi connectivity index (χ2n) is 5.56. The molecule has 1 heterocycles. The van der Waals surface area contributed by atoms with Crippen LogP contribution in [0.25, 0.3) is 10.2 Å². The molecule has 130 valence electrons. The van der Waals surface area contributed by atoms with Crippen molar-refractivity contribution >= 4 is 33.2 Å². The van der Waals surface area contributed by atoms with E-state index in [0.29, 0.717) is 17.0 Å². The fourth-order valence-corrected chi connectivity index (χ4v) is 3.08. The number of carbonyl (C=O) groups excluding carboxylic acids is 1. The van der Waals surface area contributed by atoms with Gasteiger partial charge >= 0.3 is 0 Å². The van der Waals surface area contributed by atoms with E-state index in [2.05, 4.69) is 15.5 Å². The molecule has 2 aromatic carbocycles. The maximum Gasteiger partial charge on any atom is 0.280 e. The average Bonchev–Trinajstić information content (AvgIpc) is 3.10. The molecule has 0 fully saturated rings. The van der Waals surface area contributed by atoms with E-state index in [1.54, 1.807) is 38.1 Å². The molecule has 0 saturated carbocycles. The summed E-state index contributed by atoms with van der Waals surface area (Å²) >= 11 is 1.52. The molecule has 0 bridgehead atoms. The fraction of sp³-hybridized carbons (Fsp3) is 0.158. The van der Waals surface area contributed by atoms with E-state index in [4.69, 9.17) is 10.00 Å². The molecule has 3 aromatic rings. The summed E-state index contributed by atoms with van der Waals surface area (Å²) < 4.78 is 6.63. The first-order chi connectivity index (χ1) is 12.6. The summed E-state index contributed by atoms with van der Waals surface area (Å²) in [4.78, 5) is 16.7. The van der Waals surface area contributed by atoms with Gasteiger partial charge in [-0.05, 0) is 50.2 Å². The standard InChI is InChI=1S/C19H16N4O2S/c1-12(19-21-16-5-3-4-6-17(16)26-19)22-23-18(24)13(2)25-15-9-7-14(11-20)8-10-15/h3-10,13H,1-2H3,(H,23,24)/b22-12-/t13-/m1/s1. The van der Waals surface area contributed by atoms with Crippen molar-refractivity contribution in [3.63, 3.8) is 0 Å². The Bertz CT molecular complexity index is 969. The van der Waals surface area contributed by atoms with Gasteiger partial charge in [-0.25, -0.2) is 10.4 Å². The number of hydrazone groups is 1. The SMILES string of the molecule is C/C(=N/NC(=O)[C@@H](C)Oc1ccc(C#N)cc1)c1nc2ccccc2s1. The van der Waals surface area contributed by atoms with Crippen molar-refractivity contribution < 1.29 is 9.53 Å². The van der Waals surface area contributed by atoms with Crippen LogP contribution in [0.2, 0.25) is 0 Å². The molecule has 0 aliphatic carbocycles. The molecule has 0 spiro atoms. The topological polar surface area (TPSA) is 87.4 Å². The van der Waals surface area contributed by atoms with Crippen molar-refractivity contribution in [2.24, 2.45) is 5.10 Å². The summed E-state index contributed by atoms with van der Waals surface area (Å²) in [6.45, 7) is 3.43. The monoisotopic (exact) mass is 364 g/mol. The lowest BCUT2D eigenvalue weighted by Crippen LogP contribution is -2.33. The number of nitriles is 1. The average molecular weight is 364 g/mol. The Morgan fingerprint density at radius 1 is 1.27 bits per heavy atom. The van der Waals surface area contributed by atoms with Crippen LogP contribution in [0, 0.1) is 11.3 Å². The number of hydrogen-bond donors (Lipinski definition) is 1. The zero-order valence-corrected chi connectivity index (χ0v) is 15.1. The van der Waals surface area contributed by atoms with Gasteiger partial charge in [0.1, 0.15) is 10.8 Å². The number of para-hydroxylation sites is 1. The minimum Gasteiger partial charge on any atom is -0.481 e. The Kier molecular flexibility index (Phi) is 5.25. The van der Waals surface area contributed by atoms with Crippen LogP contribution in [-0.4, -0.2) is 22.7 Å². The van der Waals surface area contributed by atoms with Crippen LogP contribution in [0.1, 0.15) is 24.4 Å². The second kappa shape index (κ2) is 7.76. The highest BCUT2D eigenvalue weighted by Crippen LogP contribution is 2.21. The summed E-state index contributed by atoms with van der Waals surface area (Å²) in [5.74, 6) is 0.147. The molecule has 7 heteroatoms. The Hall–Kier alpha value is -3.24. The van der Waals surface area contributed by atoms with Gasteiger partial charge in [0.25, 0.3) is 5.91 Å². The van der Waals surface area contributed by atoms with Crippen LogP contribution in [0.15, 0.2) is 53.6 Å². The highest BCUT2D eigenvalue weighted by molar-refractivity contribution is 7.20. The summed E-state index contributed by atoms with van der Waals surface area (Å²) in [5.41, 5.74) is 4.58. The number of benzene rings is 2. The molecular formula is C19H16N4O2S. The van der Waals surface area contributed by atoms with Crippen molar-refractivity contribution in [2.75, 3.05) is 0 Å². The summed E-state index contributed by atoms with van der Waals surface area (Å²) in [6, 6.07) is 16.4. The first-order valence-corrected chi connectivity index (χ1v) is 8.75. The van der Waals surface area contributed by atoms with Gasteiger partial charge in [-0.1, -0.05) is 12.1 Å². The third-order valence-electron chi connectivity index (χ3n) is 3.60. The quantitative estimate of drug-likeness (QED) is 0.555. The number of carbonyl (C=O) groups is 1. The number of ether oxygens (including phenoxy) is 1. The highest BCUT2D eigenvalue weighted by Gasteiger charge is 2.15. The normalized spacial score (nSPS) is 12.4. The minimum atomic E-state index is -0.727. The zero-order chi connectivity index (χ0) is 18.5. The molecule has 0 unspecified atom stereocenters. The van der Waals surface area contributed by atoms with Gasteiger partial charge in [0, 0.05) is 0 Å². The molecule has 3 rings (SSSR count). The van der Waals surface area contributed by atoms with Gasteiger partial charge < -0.3 is 4.74 Å². The highest BCUT2D eigenvalue weighted by atomic mass is 32.1. The van der Waals surface area contributed by atoms with Gasteiger partial charge in [0.2, 0.25) is 0 Å². The number of amides is 1. The lowest BCUT2D eigenvalue weighted by Gasteiger charge is -2.13. The molecule has 26 heavy (non-hydrogen) atoms. The largest absolute Gasteiger partial charge is 0.481 e. The van der Waals surface area contributed by atoms with E-state index < -0.39 is 6.10 Å². The molecule has 0 radical (unpaired) electrons. The number of thiazole rings is 1. The zero-order valence-electron chi connectivity index (χ0n) is 14.3. The van der Waals surface area contributed by atoms with E-state index in [1.165, 1.54) is 11.3 Å². The predicted molar refractivity (Wildman–Crippen MR) is 101 cm³/mol. The number of hydrogen-bond acceptors (Lipinski definition) is 6. The lowest BCUT2D eigenvalue weighted by atomic mass is 10.2. The van der Waals surface area contributed by atoms with Crippen molar-refractivity contribution in [1.82, 2.24) is 10.4 Å². The van der Waals surface area contributed by atoms with Gasteiger partial charge in [0.05, 0.1) is 27.6 Å². The number of fused-ring (bicyclic) bond motifs is 1. The van der Waals surface area contributed by atoms with Crippen LogP contribution in [0.5, 0.6) is 5.75 Å². The van der Waals surface area contributed by atoms with E-state index in [0.717, 1.165) is 15.2 Å². The molecule has 6 nitrogen and oxygen atoms in total. The first-order valence-electron chi connectivity index (χ1n) is 7.93. The van der Waals surface area contributed by atoms with Gasteiger partial charge in [0.15, 0.2) is 6.10 Å². The molecule has 0 aliphatic heterocycles. The third kappa shape index (κ3) is 4.05. The summed E-state index contributed by atoms with van der Waals surface area (Å²) in [6.07, 6.45) is -0.727. The molecule has 1 amide bonds. The number of rotatable bonds is 5. The Morgan fingerprint density at radius 2 is 2.00 bits per heavy atom. The Morgan fingerprint density at radius 3 is 2.69 bits per heavy atom. The lowest BCUT2D eigenvalue weighted by molar-refractivity contribution is -0.127. The van der Waals surface area contributed by atoms with E-state index >= 15 is 0 Å². The molecule has 0 saturated heterocycles. The maximum atomic E-state index is 12.2. The summed E-state index contributed by atoms with van der Waals surface area (Å²) in [7, 11) is 0. The fourth-order valence-electron chi connectivity index (χ4n) is 2.17. The van der Waals surface area contributed by atoms with Crippen LogP contribution in [0.4, 0.5) is 0 Å². The van der Waals surface area contributed by atoms with Crippen molar-refractivity contribution in [2.45, 2.75) is 20.0 Å². The number of aromatic nitrogens is 1. The smallest absolute Gasteiger partial charge is 0.280 e. The third-order valence-corrected chi connectivity index (χ3v) is 4.75. The number of nitrogens with one attached hydrogen (secondary N) is 1. The van der Waals surface area contributed by atoms with E-state index in [-0.39, 0.29) is 5.91 Å². The van der Waals surface area contributed by atoms with Crippen LogP contribution in [-0.2, 0) is 4.79 Å². The van der Waals surface area contributed by atoms with Crippen molar-refractivity contribution in [3.05, 3.63) is 59.1 Å². The first kappa shape index (κ1) is 17.6. The molecular weight excluding hydrogens is 348 g/mol. The minimum absolute atomic E-state index is 0.366. The van der Waals surface area contributed by atoms with Crippen LogP contribution < -0.4 is 10.2 Å². The van der Waals surface area contributed by atoms with Gasteiger partial charge in [-0.2, -0.15) is 10.4 Å². The predicted octanol–water partition coefficient (Wildman–Crippen LogP) is 3.48. The second-order valence-corrected chi connectivity index (χ2v) is 6.59. The molecule has 0 aliphatic rings.